The number of hydrogen-bond donors (Lipinski definition) is 1. The van der Waals surface area contributed by atoms with Crippen molar-refractivity contribution in [2.75, 3.05) is 0 Å². The summed E-state index contributed by atoms with van der Waals surface area (Å²) in [6, 6.07) is 19.8. The van der Waals surface area contributed by atoms with Gasteiger partial charge >= 0.3 is 0 Å². The molecule has 2 aromatic carbocycles. The largest absolute Gasteiger partial charge is 0.319 e. The number of hydrogen-bond acceptors (Lipinski definition) is 3. The monoisotopic (exact) mass is 318 g/mol. The van der Waals surface area contributed by atoms with Gasteiger partial charge < -0.3 is 4.98 Å². The maximum atomic E-state index is 12.4. The van der Waals surface area contributed by atoms with Crippen LogP contribution in [0.3, 0.4) is 0 Å². The van der Waals surface area contributed by atoms with Gasteiger partial charge in [0.2, 0.25) is 0 Å². The van der Waals surface area contributed by atoms with E-state index in [9.17, 15) is 4.79 Å². The number of aryl methyl sites for hydroxylation is 1. The van der Waals surface area contributed by atoms with Crippen LogP contribution in [0.25, 0.3) is 32.0 Å². The molecule has 0 aliphatic rings. The summed E-state index contributed by atoms with van der Waals surface area (Å²) in [6.07, 6.45) is 0. The molecule has 2 heterocycles. The molecule has 0 atom stereocenters. The van der Waals surface area contributed by atoms with Crippen molar-refractivity contribution < 1.29 is 0 Å². The fourth-order valence-corrected chi connectivity index (χ4v) is 3.84. The quantitative estimate of drug-likeness (QED) is 0.586. The zero-order valence-corrected chi connectivity index (χ0v) is 13.4. The first-order chi connectivity index (χ1) is 11.2. The van der Waals surface area contributed by atoms with Gasteiger partial charge in [-0.25, -0.2) is 4.98 Å². The predicted octanol–water partition coefficient (Wildman–Crippen LogP) is 4.63. The number of H-pyrrole nitrogens is 1. The number of thiophene rings is 1. The molecule has 4 heteroatoms. The number of nitrogens with one attached hydrogen (secondary N) is 1. The zero-order valence-electron chi connectivity index (χ0n) is 12.5. The highest BCUT2D eigenvalue weighted by Crippen LogP contribution is 2.36. The smallest absolute Gasteiger partial charge is 0.275 e. The number of nitrogens with zero attached hydrogens (tertiary/aromatic N) is 1. The summed E-state index contributed by atoms with van der Waals surface area (Å²) < 4.78 is 0. The van der Waals surface area contributed by atoms with Crippen LogP contribution in [0.4, 0.5) is 0 Å². The van der Waals surface area contributed by atoms with Crippen molar-refractivity contribution in [3.05, 3.63) is 76.6 Å². The average molecular weight is 318 g/mol. The van der Waals surface area contributed by atoms with Crippen LogP contribution in [0.5, 0.6) is 0 Å². The van der Waals surface area contributed by atoms with Crippen LogP contribution in [0, 0.1) is 6.92 Å². The van der Waals surface area contributed by atoms with Crippen molar-refractivity contribution in [1.29, 1.82) is 0 Å². The summed E-state index contributed by atoms with van der Waals surface area (Å²) in [4.78, 5) is 21.9. The maximum absolute atomic E-state index is 12.4. The third-order valence-corrected chi connectivity index (χ3v) is 5.08. The van der Waals surface area contributed by atoms with E-state index in [-0.39, 0.29) is 5.56 Å². The molecule has 0 saturated carbocycles. The lowest BCUT2D eigenvalue weighted by atomic mass is 10.1. The van der Waals surface area contributed by atoms with Crippen molar-refractivity contribution in [2.45, 2.75) is 6.92 Å². The molecule has 0 fully saturated rings. The lowest BCUT2D eigenvalue weighted by molar-refractivity contribution is 1.23. The summed E-state index contributed by atoms with van der Waals surface area (Å²) in [5, 5.41) is 0. The fraction of sp³-hybridized carbons (Fsp3) is 0.0526. The molecule has 0 radical (unpaired) electrons. The molecule has 112 valence electrons. The van der Waals surface area contributed by atoms with Gasteiger partial charge in [-0.1, -0.05) is 42.5 Å². The van der Waals surface area contributed by atoms with E-state index in [0.717, 1.165) is 21.5 Å². The van der Waals surface area contributed by atoms with Gasteiger partial charge in [0.15, 0.2) is 0 Å². The highest BCUT2D eigenvalue weighted by Gasteiger charge is 2.13. The topological polar surface area (TPSA) is 45.8 Å². The minimum atomic E-state index is -0.149. The normalized spacial score (nSPS) is 11.0. The van der Waals surface area contributed by atoms with Crippen LogP contribution in [-0.2, 0) is 0 Å². The number of rotatable bonds is 2. The first-order valence-electron chi connectivity index (χ1n) is 7.37. The molecular weight excluding hydrogens is 304 g/mol. The fourth-order valence-electron chi connectivity index (χ4n) is 2.67. The van der Waals surface area contributed by atoms with Crippen molar-refractivity contribution in [1.82, 2.24) is 9.97 Å². The van der Waals surface area contributed by atoms with E-state index >= 15 is 0 Å². The van der Waals surface area contributed by atoms with Crippen molar-refractivity contribution >= 4 is 22.4 Å². The number of para-hydroxylation sites is 2. The summed E-state index contributed by atoms with van der Waals surface area (Å²) in [6.45, 7) is 2.07. The summed E-state index contributed by atoms with van der Waals surface area (Å²) in [5.41, 5.74) is 4.22. The lowest BCUT2D eigenvalue weighted by Gasteiger charge is -2.00. The van der Waals surface area contributed by atoms with Gasteiger partial charge in [0.25, 0.3) is 5.56 Å². The minimum Gasteiger partial charge on any atom is -0.319 e. The summed E-state index contributed by atoms with van der Waals surface area (Å²) in [5.74, 6) is 0. The lowest BCUT2D eigenvalue weighted by Crippen LogP contribution is -2.10. The van der Waals surface area contributed by atoms with Crippen LogP contribution < -0.4 is 5.56 Å². The van der Waals surface area contributed by atoms with Crippen molar-refractivity contribution in [3.63, 3.8) is 0 Å². The van der Waals surface area contributed by atoms with E-state index in [1.165, 1.54) is 10.4 Å². The Kier molecular flexibility index (Phi) is 3.32. The summed E-state index contributed by atoms with van der Waals surface area (Å²) in [7, 11) is 0. The second-order valence-corrected chi connectivity index (χ2v) is 6.47. The van der Waals surface area contributed by atoms with E-state index in [1.54, 1.807) is 11.3 Å². The second-order valence-electron chi connectivity index (χ2n) is 5.42. The van der Waals surface area contributed by atoms with E-state index in [1.807, 2.05) is 48.5 Å². The highest BCUT2D eigenvalue weighted by atomic mass is 32.1. The van der Waals surface area contributed by atoms with E-state index < -0.39 is 0 Å². The van der Waals surface area contributed by atoms with E-state index in [2.05, 4.69) is 29.0 Å². The third kappa shape index (κ3) is 2.47. The van der Waals surface area contributed by atoms with E-state index in [0.29, 0.717) is 5.69 Å². The number of aromatic amines is 1. The van der Waals surface area contributed by atoms with Gasteiger partial charge in [-0.3, -0.25) is 4.79 Å². The number of fused-ring (bicyclic) bond motifs is 1. The number of aromatic nitrogens is 2. The molecule has 0 saturated heterocycles. The molecule has 0 spiro atoms. The Balaban J connectivity index is 1.89. The summed E-state index contributed by atoms with van der Waals surface area (Å²) >= 11 is 1.61. The standard InChI is InChI=1S/C19H14N2OS/c1-12-11-16(23-18(12)13-7-3-2-4-8-13)17-19(22)21-15-10-6-5-9-14(15)20-17/h2-11H,1H3,(H,21,22). The molecule has 2 aromatic heterocycles. The van der Waals surface area contributed by atoms with Crippen LogP contribution in [-0.4, -0.2) is 9.97 Å². The predicted molar refractivity (Wildman–Crippen MR) is 95.8 cm³/mol. The number of benzene rings is 2. The Bertz CT molecular complexity index is 1050. The second kappa shape index (κ2) is 5.48. The zero-order chi connectivity index (χ0) is 15.8. The molecule has 23 heavy (non-hydrogen) atoms. The Labute approximate surface area is 137 Å². The molecule has 3 nitrogen and oxygen atoms in total. The minimum absolute atomic E-state index is 0.149. The molecule has 0 unspecified atom stereocenters. The molecule has 0 bridgehead atoms. The third-order valence-electron chi connectivity index (χ3n) is 3.79. The highest BCUT2D eigenvalue weighted by molar-refractivity contribution is 7.19. The first-order valence-corrected chi connectivity index (χ1v) is 8.19. The maximum Gasteiger partial charge on any atom is 0.275 e. The Morgan fingerprint density at radius 3 is 2.57 bits per heavy atom. The van der Waals surface area contributed by atoms with Crippen LogP contribution >= 0.6 is 11.3 Å². The molecule has 1 N–H and O–H groups in total. The van der Waals surface area contributed by atoms with Crippen LogP contribution in [0.2, 0.25) is 0 Å². The van der Waals surface area contributed by atoms with Crippen LogP contribution in [0.1, 0.15) is 5.56 Å². The molecular formula is C19H14N2OS. The molecule has 4 rings (SSSR count). The van der Waals surface area contributed by atoms with Crippen LogP contribution in [0.15, 0.2) is 65.5 Å². The molecule has 0 aliphatic heterocycles. The van der Waals surface area contributed by atoms with E-state index in [4.69, 9.17) is 0 Å². The van der Waals surface area contributed by atoms with Crippen molar-refractivity contribution in [3.8, 4) is 21.0 Å². The van der Waals surface area contributed by atoms with Gasteiger partial charge in [-0.2, -0.15) is 0 Å². The average Bonchev–Trinajstić information content (AvgIpc) is 2.96. The SMILES string of the molecule is Cc1cc(-c2nc3ccccc3[nH]c2=O)sc1-c1ccccc1. The van der Waals surface area contributed by atoms with Gasteiger partial charge in [0, 0.05) is 4.88 Å². The van der Waals surface area contributed by atoms with Gasteiger partial charge in [-0.15, -0.1) is 11.3 Å². The van der Waals surface area contributed by atoms with Gasteiger partial charge in [0.1, 0.15) is 5.69 Å². The Morgan fingerprint density at radius 2 is 1.74 bits per heavy atom. The molecule has 0 aliphatic carbocycles. The Hall–Kier alpha value is -2.72. The van der Waals surface area contributed by atoms with Gasteiger partial charge in [-0.05, 0) is 36.2 Å². The molecule has 0 amide bonds. The Morgan fingerprint density at radius 1 is 1.00 bits per heavy atom. The van der Waals surface area contributed by atoms with Crippen molar-refractivity contribution in [2.24, 2.45) is 0 Å². The first kappa shape index (κ1) is 13.9. The molecule has 4 aromatic rings. The van der Waals surface area contributed by atoms with Gasteiger partial charge in [0.05, 0.1) is 15.9 Å².